The van der Waals surface area contributed by atoms with Crippen molar-refractivity contribution in [3.8, 4) is 5.75 Å². The SMILES string of the molecule is OCc1cc(CCNCCCCCCOCCOCc2c(Cl)cccc2Cl)ccc1O. The summed E-state index contributed by atoms with van der Waals surface area (Å²) in [4.78, 5) is 0. The maximum absolute atomic E-state index is 9.58. The van der Waals surface area contributed by atoms with Crippen LogP contribution in [0, 0.1) is 0 Å². The number of ether oxygens (including phenoxy) is 2. The van der Waals surface area contributed by atoms with Crippen molar-refractivity contribution in [1.82, 2.24) is 5.32 Å². The highest BCUT2D eigenvalue weighted by atomic mass is 35.5. The van der Waals surface area contributed by atoms with Gasteiger partial charge in [-0.15, -0.1) is 0 Å². The highest BCUT2D eigenvalue weighted by molar-refractivity contribution is 6.35. The summed E-state index contributed by atoms with van der Waals surface area (Å²) in [5.74, 6) is 0.151. The number of phenols is 1. The average molecular weight is 470 g/mol. The fraction of sp³-hybridized carbons (Fsp3) is 0.500. The minimum absolute atomic E-state index is 0.138. The molecule has 0 radical (unpaired) electrons. The summed E-state index contributed by atoms with van der Waals surface area (Å²) in [6, 6.07) is 10.8. The second kappa shape index (κ2) is 15.5. The molecule has 0 aliphatic heterocycles. The van der Waals surface area contributed by atoms with Gasteiger partial charge in [-0.1, -0.05) is 48.2 Å². The Hall–Kier alpha value is -1.34. The molecule has 0 aliphatic rings. The minimum atomic E-state index is -0.138. The summed E-state index contributed by atoms with van der Waals surface area (Å²) in [5, 5.41) is 23.5. The Morgan fingerprint density at radius 3 is 2.35 bits per heavy atom. The van der Waals surface area contributed by atoms with Gasteiger partial charge in [0.1, 0.15) is 5.75 Å². The van der Waals surface area contributed by atoms with E-state index < -0.39 is 0 Å². The number of halogens is 2. The fourth-order valence-corrected chi connectivity index (χ4v) is 3.66. The standard InChI is InChI=1S/C24H33Cl2NO4/c25-22-6-5-7-23(26)21(22)18-31-15-14-30-13-4-2-1-3-11-27-12-10-19-8-9-24(29)20(16-19)17-28/h5-9,16,27-29H,1-4,10-15,17-18H2. The van der Waals surface area contributed by atoms with Crippen molar-refractivity contribution < 1.29 is 19.7 Å². The third-order valence-corrected chi connectivity index (χ3v) is 5.69. The van der Waals surface area contributed by atoms with Gasteiger partial charge in [0.2, 0.25) is 0 Å². The average Bonchev–Trinajstić information content (AvgIpc) is 2.76. The van der Waals surface area contributed by atoms with E-state index in [0.29, 0.717) is 35.4 Å². The van der Waals surface area contributed by atoms with Crippen LogP contribution in [0.25, 0.3) is 0 Å². The zero-order valence-electron chi connectivity index (χ0n) is 17.9. The number of aliphatic hydroxyl groups excluding tert-OH is 1. The van der Waals surface area contributed by atoms with E-state index >= 15 is 0 Å². The predicted octanol–water partition coefficient (Wildman–Crippen LogP) is 5.12. The van der Waals surface area contributed by atoms with E-state index in [1.54, 1.807) is 6.07 Å². The molecule has 0 aromatic heterocycles. The molecular formula is C24H33Cl2NO4. The van der Waals surface area contributed by atoms with Crippen molar-refractivity contribution >= 4 is 23.2 Å². The Kier molecular flexibility index (Phi) is 12.9. The summed E-state index contributed by atoms with van der Waals surface area (Å²) >= 11 is 12.2. The first-order chi connectivity index (χ1) is 15.1. The van der Waals surface area contributed by atoms with Gasteiger partial charge in [-0.05, 0) is 62.2 Å². The molecule has 0 spiro atoms. The van der Waals surface area contributed by atoms with Gasteiger partial charge in [-0.2, -0.15) is 0 Å². The minimum Gasteiger partial charge on any atom is -0.508 e. The molecule has 5 nitrogen and oxygen atoms in total. The number of aromatic hydroxyl groups is 1. The normalized spacial score (nSPS) is 11.2. The number of rotatable bonds is 16. The molecule has 2 aromatic carbocycles. The molecule has 0 fully saturated rings. The van der Waals surface area contributed by atoms with Gasteiger partial charge in [0.05, 0.1) is 26.4 Å². The molecule has 2 aromatic rings. The van der Waals surface area contributed by atoms with Crippen LogP contribution in [0.1, 0.15) is 42.4 Å². The maximum atomic E-state index is 9.58. The van der Waals surface area contributed by atoms with Crippen molar-refractivity contribution in [3.05, 3.63) is 63.1 Å². The van der Waals surface area contributed by atoms with Crippen molar-refractivity contribution in [2.24, 2.45) is 0 Å². The van der Waals surface area contributed by atoms with E-state index in [-0.39, 0.29) is 12.4 Å². The Bertz CT molecular complexity index is 753. The monoisotopic (exact) mass is 469 g/mol. The quantitative estimate of drug-likeness (QED) is 0.297. The Labute approximate surface area is 195 Å². The third kappa shape index (κ3) is 10.2. The number of nitrogens with one attached hydrogen (secondary N) is 1. The summed E-state index contributed by atoms with van der Waals surface area (Å²) in [6.07, 6.45) is 5.39. The van der Waals surface area contributed by atoms with Crippen molar-refractivity contribution in [2.45, 2.75) is 45.3 Å². The zero-order valence-corrected chi connectivity index (χ0v) is 19.4. The molecule has 0 unspecified atom stereocenters. The van der Waals surface area contributed by atoms with E-state index in [9.17, 15) is 10.2 Å². The van der Waals surface area contributed by atoms with Crippen LogP contribution >= 0.6 is 23.2 Å². The largest absolute Gasteiger partial charge is 0.508 e. The molecule has 2 rings (SSSR count). The number of unbranched alkanes of at least 4 members (excludes halogenated alkanes) is 3. The molecule has 0 atom stereocenters. The van der Waals surface area contributed by atoms with Crippen LogP contribution in [-0.4, -0.2) is 43.1 Å². The van der Waals surface area contributed by atoms with Crippen LogP contribution in [0.4, 0.5) is 0 Å². The van der Waals surface area contributed by atoms with Gasteiger partial charge in [0.15, 0.2) is 0 Å². The van der Waals surface area contributed by atoms with Gasteiger partial charge in [0.25, 0.3) is 0 Å². The summed E-state index contributed by atoms with van der Waals surface area (Å²) in [7, 11) is 0. The molecule has 172 valence electrons. The first-order valence-corrected chi connectivity index (χ1v) is 11.6. The van der Waals surface area contributed by atoms with Crippen LogP contribution in [-0.2, 0) is 29.1 Å². The number of hydrogen-bond donors (Lipinski definition) is 3. The Morgan fingerprint density at radius 2 is 1.58 bits per heavy atom. The van der Waals surface area contributed by atoms with Crippen LogP contribution in [0.15, 0.2) is 36.4 Å². The lowest BCUT2D eigenvalue weighted by Crippen LogP contribution is -2.18. The first-order valence-electron chi connectivity index (χ1n) is 10.8. The third-order valence-electron chi connectivity index (χ3n) is 4.98. The molecule has 0 bridgehead atoms. The van der Waals surface area contributed by atoms with Crippen LogP contribution in [0.2, 0.25) is 10.0 Å². The van der Waals surface area contributed by atoms with E-state index in [1.807, 2.05) is 30.3 Å². The van der Waals surface area contributed by atoms with Crippen molar-refractivity contribution in [1.29, 1.82) is 0 Å². The van der Waals surface area contributed by atoms with Crippen LogP contribution in [0.3, 0.4) is 0 Å². The smallest absolute Gasteiger partial charge is 0.121 e. The predicted molar refractivity (Wildman–Crippen MR) is 126 cm³/mol. The van der Waals surface area contributed by atoms with E-state index in [1.165, 1.54) is 6.42 Å². The van der Waals surface area contributed by atoms with Crippen molar-refractivity contribution in [3.63, 3.8) is 0 Å². The summed E-state index contributed by atoms with van der Waals surface area (Å²) in [5.41, 5.74) is 2.51. The van der Waals surface area contributed by atoms with Gasteiger partial charge >= 0.3 is 0 Å². The summed E-state index contributed by atoms with van der Waals surface area (Å²) < 4.78 is 11.2. The highest BCUT2D eigenvalue weighted by Gasteiger charge is 2.05. The van der Waals surface area contributed by atoms with Gasteiger partial charge in [0, 0.05) is 27.8 Å². The molecule has 0 amide bonds. The molecule has 0 saturated heterocycles. The molecule has 7 heteroatoms. The number of benzene rings is 2. The van der Waals surface area contributed by atoms with Crippen LogP contribution < -0.4 is 5.32 Å². The maximum Gasteiger partial charge on any atom is 0.121 e. The topological polar surface area (TPSA) is 71.0 Å². The fourth-order valence-electron chi connectivity index (χ4n) is 3.15. The molecular weight excluding hydrogens is 437 g/mol. The summed E-state index contributed by atoms with van der Waals surface area (Å²) in [6.45, 7) is 3.97. The highest BCUT2D eigenvalue weighted by Crippen LogP contribution is 2.24. The lowest BCUT2D eigenvalue weighted by Gasteiger charge is -2.09. The Balaban J connectivity index is 1.37. The molecule has 0 aliphatic carbocycles. The second-order valence-corrected chi connectivity index (χ2v) is 8.21. The Morgan fingerprint density at radius 1 is 0.839 bits per heavy atom. The zero-order chi connectivity index (χ0) is 22.3. The first kappa shape index (κ1) is 25.9. The van der Waals surface area contributed by atoms with Gasteiger partial charge in [-0.25, -0.2) is 0 Å². The number of hydrogen-bond acceptors (Lipinski definition) is 5. The lowest BCUT2D eigenvalue weighted by molar-refractivity contribution is 0.0393. The van der Waals surface area contributed by atoms with Gasteiger partial charge < -0.3 is 25.0 Å². The molecule has 0 saturated carbocycles. The van der Waals surface area contributed by atoms with E-state index in [2.05, 4.69) is 5.32 Å². The van der Waals surface area contributed by atoms with Crippen molar-refractivity contribution in [2.75, 3.05) is 32.9 Å². The van der Waals surface area contributed by atoms with Gasteiger partial charge in [-0.3, -0.25) is 0 Å². The lowest BCUT2D eigenvalue weighted by atomic mass is 10.1. The van der Waals surface area contributed by atoms with Crippen LogP contribution in [0.5, 0.6) is 5.75 Å². The molecule has 31 heavy (non-hydrogen) atoms. The molecule has 0 heterocycles. The van der Waals surface area contributed by atoms with E-state index in [4.69, 9.17) is 32.7 Å². The number of aliphatic hydroxyl groups is 1. The second-order valence-electron chi connectivity index (χ2n) is 7.40. The molecule has 3 N–H and O–H groups in total. The van der Waals surface area contributed by atoms with E-state index in [0.717, 1.165) is 56.5 Å².